The molecule has 1 nitrogen and oxygen atoms in total. The summed E-state index contributed by atoms with van der Waals surface area (Å²) in [5.74, 6) is -0.289. The van der Waals surface area contributed by atoms with Crippen LogP contribution in [0.5, 0.6) is 0 Å². The van der Waals surface area contributed by atoms with E-state index in [2.05, 4.69) is 15.9 Å². The number of hydrogen-bond donors (Lipinski definition) is 1. The van der Waals surface area contributed by atoms with Gasteiger partial charge < -0.3 is 5.11 Å². The highest BCUT2D eigenvalue weighted by molar-refractivity contribution is 9.10. The Hall–Kier alpha value is -0.410. The van der Waals surface area contributed by atoms with Crippen molar-refractivity contribution >= 4 is 15.9 Å². The topological polar surface area (TPSA) is 20.2 Å². The molecule has 1 aromatic rings. The van der Waals surface area contributed by atoms with E-state index in [4.69, 9.17) is 0 Å². The van der Waals surface area contributed by atoms with E-state index in [1.807, 2.05) is 0 Å². The average molecular weight is 231 g/mol. The van der Waals surface area contributed by atoms with Gasteiger partial charge in [-0.15, -0.1) is 0 Å². The van der Waals surface area contributed by atoms with Gasteiger partial charge >= 0.3 is 0 Å². The molecule has 1 aromatic carbocycles. The Labute approximate surface area is 78.3 Å². The first kappa shape index (κ1) is 8.20. The molecule has 0 atom stereocenters. The van der Waals surface area contributed by atoms with Crippen LogP contribution < -0.4 is 0 Å². The van der Waals surface area contributed by atoms with Gasteiger partial charge in [0.25, 0.3) is 0 Å². The quantitative estimate of drug-likeness (QED) is 0.787. The van der Waals surface area contributed by atoms with E-state index in [-0.39, 0.29) is 5.82 Å². The lowest BCUT2D eigenvalue weighted by molar-refractivity contribution is 0.151. The number of benzene rings is 1. The number of rotatable bonds is 1. The van der Waals surface area contributed by atoms with Crippen molar-refractivity contribution in [2.24, 2.45) is 0 Å². The van der Waals surface area contributed by atoms with Crippen LogP contribution in [0.3, 0.4) is 0 Å². The van der Waals surface area contributed by atoms with Crippen LogP contribution in [-0.2, 0) is 5.60 Å². The first-order valence-electron chi connectivity index (χ1n) is 3.80. The van der Waals surface area contributed by atoms with E-state index < -0.39 is 5.60 Å². The molecule has 0 spiro atoms. The van der Waals surface area contributed by atoms with E-state index in [1.165, 1.54) is 6.07 Å². The van der Waals surface area contributed by atoms with Gasteiger partial charge in [-0.3, -0.25) is 0 Å². The molecule has 2 rings (SSSR count). The molecule has 1 saturated carbocycles. The van der Waals surface area contributed by atoms with Crippen LogP contribution in [-0.4, -0.2) is 5.11 Å². The lowest BCUT2D eigenvalue weighted by Crippen LogP contribution is -2.03. The van der Waals surface area contributed by atoms with Crippen molar-refractivity contribution in [1.29, 1.82) is 0 Å². The van der Waals surface area contributed by atoms with Crippen LogP contribution in [0.4, 0.5) is 4.39 Å². The molecular weight excluding hydrogens is 223 g/mol. The zero-order valence-corrected chi connectivity index (χ0v) is 7.94. The van der Waals surface area contributed by atoms with Crippen molar-refractivity contribution in [2.45, 2.75) is 18.4 Å². The minimum Gasteiger partial charge on any atom is -0.385 e. The Balaban J connectivity index is 2.41. The number of aliphatic hydroxyl groups is 1. The van der Waals surface area contributed by atoms with Crippen LogP contribution in [0.1, 0.15) is 18.4 Å². The number of halogens is 2. The molecule has 1 fully saturated rings. The van der Waals surface area contributed by atoms with Gasteiger partial charge in [-0.05, 0) is 46.5 Å². The Morgan fingerprint density at radius 2 is 2.08 bits per heavy atom. The molecule has 1 aliphatic rings. The van der Waals surface area contributed by atoms with Crippen LogP contribution >= 0.6 is 15.9 Å². The standard InChI is InChI=1S/C9H8BrFO/c10-7-5-6(1-2-8(7)11)9(12)3-4-9/h1-2,5,12H,3-4H2. The van der Waals surface area contributed by atoms with Crippen molar-refractivity contribution in [2.75, 3.05) is 0 Å². The summed E-state index contributed by atoms with van der Waals surface area (Å²) in [5.41, 5.74) is 0.131. The molecule has 0 radical (unpaired) electrons. The second-order valence-electron chi connectivity index (χ2n) is 3.16. The molecule has 3 heteroatoms. The molecule has 1 aliphatic carbocycles. The summed E-state index contributed by atoms with van der Waals surface area (Å²) in [5, 5.41) is 9.67. The van der Waals surface area contributed by atoms with Crippen molar-refractivity contribution in [1.82, 2.24) is 0 Å². The van der Waals surface area contributed by atoms with Crippen molar-refractivity contribution in [3.05, 3.63) is 34.1 Å². The fourth-order valence-corrected chi connectivity index (χ4v) is 1.57. The third-order valence-corrected chi connectivity index (χ3v) is 2.79. The van der Waals surface area contributed by atoms with Crippen LogP contribution in [0, 0.1) is 5.82 Å². The fraction of sp³-hybridized carbons (Fsp3) is 0.333. The molecule has 1 N–H and O–H groups in total. The van der Waals surface area contributed by atoms with Gasteiger partial charge in [-0.2, -0.15) is 0 Å². The Kier molecular flexibility index (Phi) is 1.73. The third kappa shape index (κ3) is 1.27. The molecule has 0 amide bonds. The van der Waals surface area contributed by atoms with Gasteiger partial charge in [0.1, 0.15) is 5.82 Å². The SMILES string of the molecule is OC1(c2ccc(F)c(Br)c2)CC1. The Morgan fingerprint density at radius 1 is 1.42 bits per heavy atom. The minimum absolute atomic E-state index is 0.289. The van der Waals surface area contributed by atoms with Crippen molar-refractivity contribution in [3.8, 4) is 0 Å². The summed E-state index contributed by atoms with van der Waals surface area (Å²) in [6.07, 6.45) is 1.57. The van der Waals surface area contributed by atoms with Gasteiger partial charge in [-0.1, -0.05) is 6.07 Å². The molecule has 0 unspecified atom stereocenters. The summed E-state index contributed by atoms with van der Waals surface area (Å²) < 4.78 is 13.2. The Morgan fingerprint density at radius 3 is 2.58 bits per heavy atom. The lowest BCUT2D eigenvalue weighted by atomic mass is 10.1. The van der Waals surface area contributed by atoms with E-state index in [1.54, 1.807) is 12.1 Å². The van der Waals surface area contributed by atoms with Gasteiger partial charge in [0.15, 0.2) is 0 Å². The molecule has 0 aromatic heterocycles. The van der Waals surface area contributed by atoms with Crippen LogP contribution in [0.2, 0.25) is 0 Å². The third-order valence-electron chi connectivity index (χ3n) is 2.18. The first-order chi connectivity index (χ1) is 5.62. The monoisotopic (exact) mass is 230 g/mol. The van der Waals surface area contributed by atoms with Gasteiger partial charge in [0.2, 0.25) is 0 Å². The maximum absolute atomic E-state index is 12.8. The summed E-state index contributed by atoms with van der Waals surface area (Å²) >= 11 is 3.08. The predicted octanol–water partition coefficient (Wildman–Crippen LogP) is 2.57. The summed E-state index contributed by atoms with van der Waals surface area (Å²) in [6.45, 7) is 0. The fourth-order valence-electron chi connectivity index (χ4n) is 1.19. The molecular formula is C9H8BrFO. The molecule has 12 heavy (non-hydrogen) atoms. The average Bonchev–Trinajstić information content (AvgIpc) is 2.75. The predicted molar refractivity (Wildman–Crippen MR) is 47.2 cm³/mol. The van der Waals surface area contributed by atoms with E-state index in [0.717, 1.165) is 18.4 Å². The normalized spacial score (nSPS) is 19.2. The van der Waals surface area contributed by atoms with Gasteiger partial charge in [0.05, 0.1) is 10.1 Å². The molecule has 0 bridgehead atoms. The maximum atomic E-state index is 12.8. The van der Waals surface area contributed by atoms with Crippen molar-refractivity contribution in [3.63, 3.8) is 0 Å². The van der Waals surface area contributed by atoms with Gasteiger partial charge in [-0.25, -0.2) is 4.39 Å². The highest BCUT2D eigenvalue weighted by Crippen LogP contribution is 2.45. The van der Waals surface area contributed by atoms with Crippen LogP contribution in [0.15, 0.2) is 22.7 Å². The smallest absolute Gasteiger partial charge is 0.137 e. The number of hydrogen-bond acceptors (Lipinski definition) is 1. The van der Waals surface area contributed by atoms with Crippen LogP contribution in [0.25, 0.3) is 0 Å². The minimum atomic E-state index is -0.670. The molecule has 0 heterocycles. The summed E-state index contributed by atoms with van der Waals surface area (Å²) in [7, 11) is 0. The van der Waals surface area contributed by atoms with E-state index >= 15 is 0 Å². The summed E-state index contributed by atoms with van der Waals surface area (Å²) in [4.78, 5) is 0. The highest BCUT2D eigenvalue weighted by Gasteiger charge is 2.42. The van der Waals surface area contributed by atoms with Crippen molar-refractivity contribution < 1.29 is 9.50 Å². The summed E-state index contributed by atoms with van der Waals surface area (Å²) in [6, 6.07) is 4.64. The maximum Gasteiger partial charge on any atom is 0.137 e. The first-order valence-corrected chi connectivity index (χ1v) is 4.59. The zero-order chi connectivity index (χ0) is 8.77. The molecule has 0 saturated heterocycles. The second kappa shape index (κ2) is 2.54. The molecule has 0 aliphatic heterocycles. The lowest BCUT2D eigenvalue weighted by Gasteiger charge is -2.07. The largest absolute Gasteiger partial charge is 0.385 e. The zero-order valence-electron chi connectivity index (χ0n) is 6.35. The Bertz CT molecular complexity index is 320. The highest BCUT2D eigenvalue weighted by atomic mass is 79.9. The van der Waals surface area contributed by atoms with Gasteiger partial charge in [0, 0.05) is 0 Å². The van der Waals surface area contributed by atoms with E-state index in [9.17, 15) is 9.50 Å². The molecule has 64 valence electrons. The second-order valence-corrected chi connectivity index (χ2v) is 4.01. The van der Waals surface area contributed by atoms with E-state index in [0.29, 0.717) is 4.47 Å².